The van der Waals surface area contributed by atoms with Crippen molar-refractivity contribution in [3.8, 4) is 0 Å². The first-order valence-corrected chi connectivity index (χ1v) is 12.3. The number of nitrogens with one attached hydrogen (secondary N) is 3. The third-order valence-electron chi connectivity index (χ3n) is 7.44. The molecule has 1 aromatic rings. The SMILES string of the molecule is CC(C)(C)[C@H](NC(=O)C(F)(F)F)C(=O)NC(CC1(F)CC1)C(=O)N1C[C@]2(C[C@H]1N)C(=O)Nc1ccccc12. The highest BCUT2D eigenvalue weighted by molar-refractivity contribution is 6.07. The van der Waals surface area contributed by atoms with Gasteiger partial charge in [-0.05, 0) is 29.9 Å². The highest BCUT2D eigenvalue weighted by atomic mass is 19.4. The van der Waals surface area contributed by atoms with Crippen LogP contribution < -0.4 is 21.7 Å². The molecule has 1 saturated heterocycles. The molecular weight excluding hydrogens is 510 g/mol. The first-order valence-electron chi connectivity index (χ1n) is 12.3. The maximum absolute atomic E-state index is 14.9. The minimum absolute atomic E-state index is 0.0925. The summed E-state index contributed by atoms with van der Waals surface area (Å²) in [5.41, 5.74) is 3.52. The Hall–Kier alpha value is -3.22. The molecule has 1 unspecified atom stereocenters. The van der Waals surface area contributed by atoms with Gasteiger partial charge in [-0.1, -0.05) is 39.0 Å². The Morgan fingerprint density at radius 3 is 2.37 bits per heavy atom. The second-order valence-electron chi connectivity index (χ2n) is 11.5. The molecule has 9 nitrogen and oxygen atoms in total. The van der Waals surface area contributed by atoms with Gasteiger partial charge in [0.15, 0.2) is 0 Å². The van der Waals surface area contributed by atoms with E-state index in [9.17, 15) is 36.7 Å². The van der Waals surface area contributed by atoms with E-state index in [1.54, 1.807) is 29.6 Å². The van der Waals surface area contributed by atoms with Crippen LogP contribution in [0.5, 0.6) is 0 Å². The molecule has 4 rings (SSSR count). The summed E-state index contributed by atoms with van der Waals surface area (Å²) in [6, 6.07) is 3.84. The molecule has 0 bridgehead atoms. The first-order chi connectivity index (χ1) is 17.5. The standard InChI is InChI=1S/C25H31F4N5O4/c1-22(2,3)17(33-21(38)25(27,28)29)18(35)31-15(10-23(26)8-9-23)19(36)34-12-24(11-16(34)30)13-6-4-5-7-14(13)32-20(24)37/h4-7,15-17H,8-12,30H2,1-3H3,(H,31,35)(H,32,37)(H,33,38)/t15?,16-,17+,24-/m0/s1. The number of nitrogens with two attached hydrogens (primary N) is 1. The van der Waals surface area contributed by atoms with Crippen molar-refractivity contribution < 1.29 is 36.7 Å². The number of para-hydroxylation sites is 1. The van der Waals surface area contributed by atoms with Crippen LogP contribution in [0.2, 0.25) is 0 Å². The van der Waals surface area contributed by atoms with Crippen molar-refractivity contribution in [2.45, 2.75) is 82.0 Å². The normalized spacial score (nSPS) is 25.4. The predicted molar refractivity (Wildman–Crippen MR) is 128 cm³/mol. The van der Waals surface area contributed by atoms with E-state index in [0.717, 1.165) is 0 Å². The molecule has 2 fully saturated rings. The average molecular weight is 542 g/mol. The van der Waals surface area contributed by atoms with E-state index in [-0.39, 0.29) is 31.7 Å². The molecule has 38 heavy (non-hydrogen) atoms. The minimum Gasteiger partial charge on any atom is -0.342 e. The van der Waals surface area contributed by atoms with Crippen molar-refractivity contribution >= 4 is 29.3 Å². The highest BCUT2D eigenvalue weighted by Gasteiger charge is 2.56. The van der Waals surface area contributed by atoms with Crippen molar-refractivity contribution in [1.82, 2.24) is 15.5 Å². The molecular formula is C25H31F4N5O4. The van der Waals surface area contributed by atoms with Gasteiger partial charge in [-0.15, -0.1) is 0 Å². The monoisotopic (exact) mass is 541 g/mol. The molecule has 3 aliphatic rings. The Balaban J connectivity index is 1.58. The van der Waals surface area contributed by atoms with Crippen molar-refractivity contribution in [2.24, 2.45) is 11.1 Å². The maximum Gasteiger partial charge on any atom is 0.471 e. The first kappa shape index (κ1) is 27.8. The second-order valence-corrected chi connectivity index (χ2v) is 11.5. The summed E-state index contributed by atoms with van der Waals surface area (Å²) < 4.78 is 53.6. The van der Waals surface area contributed by atoms with Gasteiger partial charge < -0.3 is 26.6 Å². The number of fused-ring (bicyclic) bond motifs is 2. The van der Waals surface area contributed by atoms with Crippen LogP contribution in [0.1, 0.15) is 52.0 Å². The van der Waals surface area contributed by atoms with Gasteiger partial charge in [0.25, 0.3) is 0 Å². The number of anilines is 1. The Bertz CT molecular complexity index is 1160. The van der Waals surface area contributed by atoms with Crippen molar-refractivity contribution in [3.63, 3.8) is 0 Å². The van der Waals surface area contributed by atoms with Gasteiger partial charge in [0.1, 0.15) is 17.8 Å². The lowest BCUT2D eigenvalue weighted by Gasteiger charge is -2.33. The number of carbonyl (C=O) groups is 4. The van der Waals surface area contributed by atoms with Crippen LogP contribution in [0.15, 0.2) is 24.3 Å². The summed E-state index contributed by atoms with van der Waals surface area (Å²) in [6.07, 6.45) is -6.17. The largest absolute Gasteiger partial charge is 0.471 e. The number of nitrogens with zero attached hydrogens (tertiary/aromatic N) is 1. The number of hydrogen-bond acceptors (Lipinski definition) is 5. The molecule has 1 aromatic carbocycles. The van der Waals surface area contributed by atoms with Gasteiger partial charge in [0.05, 0.1) is 11.6 Å². The zero-order valence-corrected chi connectivity index (χ0v) is 21.2. The van der Waals surface area contributed by atoms with Crippen LogP contribution in [-0.4, -0.2) is 65.2 Å². The quantitative estimate of drug-likeness (QED) is 0.408. The van der Waals surface area contributed by atoms with Crippen LogP contribution in [0.4, 0.5) is 23.2 Å². The number of alkyl halides is 4. The third-order valence-corrected chi connectivity index (χ3v) is 7.44. The fourth-order valence-electron chi connectivity index (χ4n) is 5.16. The third kappa shape index (κ3) is 5.20. The Kier molecular flexibility index (Phi) is 6.74. The van der Waals surface area contributed by atoms with Crippen molar-refractivity contribution in [3.05, 3.63) is 29.8 Å². The minimum atomic E-state index is -5.23. The van der Waals surface area contributed by atoms with E-state index in [1.807, 2.05) is 0 Å². The summed E-state index contributed by atoms with van der Waals surface area (Å²) in [5, 5.41) is 6.84. The molecule has 1 aliphatic carbocycles. The number of benzene rings is 1. The summed E-state index contributed by atoms with van der Waals surface area (Å²) in [5.74, 6) is -4.46. The summed E-state index contributed by atoms with van der Waals surface area (Å²) in [6.45, 7) is 4.21. The summed E-state index contributed by atoms with van der Waals surface area (Å²) in [4.78, 5) is 52.6. The predicted octanol–water partition coefficient (Wildman–Crippen LogP) is 1.86. The number of rotatable bonds is 6. The van der Waals surface area contributed by atoms with Gasteiger partial charge in [0, 0.05) is 25.1 Å². The Labute approximate surface area is 216 Å². The molecule has 4 amide bonds. The summed E-state index contributed by atoms with van der Waals surface area (Å²) in [7, 11) is 0. The van der Waals surface area contributed by atoms with Crippen molar-refractivity contribution in [2.75, 3.05) is 11.9 Å². The fourth-order valence-corrected chi connectivity index (χ4v) is 5.16. The number of hydrogen-bond donors (Lipinski definition) is 4. The molecule has 13 heteroatoms. The average Bonchev–Trinajstić information content (AvgIpc) is 3.32. The molecule has 1 spiro atoms. The van der Waals surface area contributed by atoms with Gasteiger partial charge >= 0.3 is 12.1 Å². The van der Waals surface area contributed by atoms with Gasteiger partial charge in [-0.2, -0.15) is 13.2 Å². The number of likely N-dealkylation sites (tertiary alicyclic amines) is 1. The number of amides is 4. The lowest BCUT2D eigenvalue weighted by atomic mass is 9.80. The van der Waals surface area contributed by atoms with E-state index in [4.69, 9.17) is 5.73 Å². The van der Waals surface area contributed by atoms with Gasteiger partial charge in [0.2, 0.25) is 17.7 Å². The van der Waals surface area contributed by atoms with Gasteiger partial charge in [-0.25, -0.2) is 4.39 Å². The molecule has 0 radical (unpaired) electrons. The van der Waals surface area contributed by atoms with Crippen LogP contribution in [0, 0.1) is 5.41 Å². The highest BCUT2D eigenvalue weighted by Crippen LogP contribution is 2.47. The van der Waals surface area contributed by atoms with Gasteiger partial charge in [-0.3, -0.25) is 19.2 Å². The zero-order valence-electron chi connectivity index (χ0n) is 21.2. The molecule has 5 N–H and O–H groups in total. The fraction of sp³-hybridized carbons (Fsp3) is 0.600. The van der Waals surface area contributed by atoms with Crippen LogP contribution in [0.3, 0.4) is 0 Å². The lowest BCUT2D eigenvalue weighted by Crippen LogP contribution is -2.60. The van der Waals surface area contributed by atoms with E-state index in [0.29, 0.717) is 11.3 Å². The van der Waals surface area contributed by atoms with Crippen LogP contribution >= 0.6 is 0 Å². The number of halogens is 4. The van der Waals surface area contributed by atoms with E-state index in [2.05, 4.69) is 10.6 Å². The Morgan fingerprint density at radius 1 is 1.16 bits per heavy atom. The topological polar surface area (TPSA) is 134 Å². The summed E-state index contributed by atoms with van der Waals surface area (Å²) >= 11 is 0. The molecule has 1 saturated carbocycles. The second kappa shape index (κ2) is 9.21. The van der Waals surface area contributed by atoms with Crippen LogP contribution in [-0.2, 0) is 24.6 Å². The van der Waals surface area contributed by atoms with Crippen LogP contribution in [0.25, 0.3) is 0 Å². The smallest absolute Gasteiger partial charge is 0.342 e. The van der Waals surface area contributed by atoms with E-state index in [1.165, 1.54) is 25.7 Å². The molecule has 4 atom stereocenters. The van der Waals surface area contributed by atoms with E-state index < -0.39 is 65.1 Å². The molecule has 0 aromatic heterocycles. The lowest BCUT2D eigenvalue weighted by molar-refractivity contribution is -0.175. The number of carbonyl (C=O) groups excluding carboxylic acids is 4. The molecule has 2 aliphatic heterocycles. The van der Waals surface area contributed by atoms with Crippen molar-refractivity contribution in [1.29, 1.82) is 0 Å². The molecule has 208 valence electrons. The maximum atomic E-state index is 14.9. The molecule has 2 heterocycles. The Morgan fingerprint density at radius 2 is 1.79 bits per heavy atom. The van der Waals surface area contributed by atoms with E-state index >= 15 is 0 Å². The zero-order chi connectivity index (χ0) is 28.3.